The Labute approximate surface area is 155 Å². The summed E-state index contributed by atoms with van der Waals surface area (Å²) in [6.45, 7) is 0.585. The van der Waals surface area contributed by atoms with Gasteiger partial charge in [-0.15, -0.1) is 0 Å². The van der Waals surface area contributed by atoms with Gasteiger partial charge in [-0.3, -0.25) is 14.8 Å². The third-order valence-corrected chi connectivity index (χ3v) is 5.75. The van der Waals surface area contributed by atoms with Crippen LogP contribution in [-0.2, 0) is 19.4 Å². The Morgan fingerprint density at radius 2 is 1.88 bits per heavy atom. The van der Waals surface area contributed by atoms with E-state index in [0.717, 1.165) is 36.9 Å². The number of hydrogen-bond donors (Lipinski definition) is 0. The van der Waals surface area contributed by atoms with Crippen molar-refractivity contribution in [1.29, 1.82) is 0 Å². The van der Waals surface area contributed by atoms with Crippen LogP contribution in [0.4, 0.5) is 0 Å². The van der Waals surface area contributed by atoms with E-state index in [1.807, 2.05) is 23.1 Å². The molecule has 26 heavy (non-hydrogen) atoms. The van der Waals surface area contributed by atoms with Crippen molar-refractivity contribution in [2.45, 2.75) is 70.4 Å². The van der Waals surface area contributed by atoms with Crippen LogP contribution in [0.1, 0.15) is 72.3 Å². The zero-order chi connectivity index (χ0) is 17.8. The number of carbonyl (C=O) groups excluding carboxylic acids is 1. The lowest BCUT2D eigenvalue weighted by atomic mass is 9.92. The third kappa shape index (κ3) is 3.79. The Hall–Kier alpha value is -2.23. The highest BCUT2D eigenvalue weighted by Gasteiger charge is 2.27. The van der Waals surface area contributed by atoms with E-state index in [9.17, 15) is 4.79 Å². The number of rotatable bonds is 4. The topological polar surface area (TPSA) is 46.1 Å². The van der Waals surface area contributed by atoms with E-state index in [-0.39, 0.29) is 5.91 Å². The maximum Gasteiger partial charge on any atom is 0.256 e. The van der Waals surface area contributed by atoms with Gasteiger partial charge in [0, 0.05) is 24.1 Å². The zero-order valence-electron chi connectivity index (χ0n) is 15.4. The van der Waals surface area contributed by atoms with Crippen LogP contribution in [0, 0.1) is 0 Å². The molecule has 4 heteroatoms. The number of carbonyl (C=O) groups is 1. The minimum absolute atomic E-state index is 0.114. The number of aryl methyl sites for hydroxylation is 2. The van der Waals surface area contributed by atoms with E-state index in [4.69, 9.17) is 0 Å². The molecule has 0 bridgehead atoms. The van der Waals surface area contributed by atoms with Crippen molar-refractivity contribution in [2.75, 3.05) is 0 Å². The number of amides is 1. The molecule has 2 aromatic heterocycles. The Morgan fingerprint density at radius 3 is 2.69 bits per heavy atom. The molecule has 1 fully saturated rings. The first-order valence-corrected chi connectivity index (χ1v) is 10.00. The lowest BCUT2D eigenvalue weighted by molar-refractivity contribution is 0.0610. The fraction of sp³-hybridized carbons (Fsp3) is 0.500. The van der Waals surface area contributed by atoms with Crippen molar-refractivity contribution in [1.82, 2.24) is 14.9 Å². The van der Waals surface area contributed by atoms with Gasteiger partial charge >= 0.3 is 0 Å². The molecule has 0 aliphatic heterocycles. The Morgan fingerprint density at radius 1 is 1.04 bits per heavy atom. The summed E-state index contributed by atoms with van der Waals surface area (Å²) in [5.74, 6) is 0.114. The predicted octanol–water partition coefficient (Wildman–Crippen LogP) is 4.33. The Kier molecular flexibility index (Phi) is 5.28. The summed E-state index contributed by atoms with van der Waals surface area (Å²) in [5.41, 5.74) is 4.15. The van der Waals surface area contributed by atoms with Gasteiger partial charge in [0.25, 0.3) is 5.91 Å². The largest absolute Gasteiger partial charge is 0.330 e. The van der Waals surface area contributed by atoms with Gasteiger partial charge in [-0.1, -0.05) is 25.3 Å². The van der Waals surface area contributed by atoms with Crippen molar-refractivity contribution in [3.8, 4) is 0 Å². The van der Waals surface area contributed by atoms with Crippen molar-refractivity contribution in [2.24, 2.45) is 0 Å². The Balaban J connectivity index is 1.60. The lowest BCUT2D eigenvalue weighted by Gasteiger charge is -2.34. The molecule has 2 aromatic rings. The van der Waals surface area contributed by atoms with Gasteiger partial charge in [0.1, 0.15) is 0 Å². The normalized spacial score (nSPS) is 17.5. The SMILES string of the molecule is O=C(c1cnc2c(c1)CCCC2)N(Cc1ccccn1)C1CCCCC1. The van der Waals surface area contributed by atoms with Crippen LogP contribution in [0.25, 0.3) is 0 Å². The second-order valence-corrected chi connectivity index (χ2v) is 7.58. The number of pyridine rings is 2. The smallest absolute Gasteiger partial charge is 0.256 e. The van der Waals surface area contributed by atoms with Gasteiger partial charge in [-0.2, -0.15) is 0 Å². The monoisotopic (exact) mass is 349 g/mol. The molecular weight excluding hydrogens is 322 g/mol. The molecule has 136 valence electrons. The fourth-order valence-corrected chi connectivity index (χ4v) is 4.30. The van der Waals surface area contributed by atoms with Crippen LogP contribution < -0.4 is 0 Å². The van der Waals surface area contributed by atoms with Crippen LogP contribution in [0.2, 0.25) is 0 Å². The summed E-state index contributed by atoms with van der Waals surface area (Å²) < 4.78 is 0. The van der Waals surface area contributed by atoms with Crippen LogP contribution in [0.5, 0.6) is 0 Å². The third-order valence-electron chi connectivity index (χ3n) is 5.75. The van der Waals surface area contributed by atoms with Gasteiger partial charge in [0.05, 0.1) is 17.8 Å². The molecule has 2 aliphatic rings. The average molecular weight is 349 g/mol. The van der Waals surface area contributed by atoms with E-state index in [2.05, 4.69) is 16.0 Å². The summed E-state index contributed by atoms with van der Waals surface area (Å²) in [6.07, 6.45) is 14.0. The van der Waals surface area contributed by atoms with Crippen LogP contribution in [0.15, 0.2) is 36.7 Å². The highest BCUT2D eigenvalue weighted by atomic mass is 16.2. The molecule has 0 N–H and O–H groups in total. The molecule has 0 aromatic carbocycles. The van der Waals surface area contributed by atoms with Gasteiger partial charge in [0.2, 0.25) is 0 Å². The first kappa shape index (κ1) is 17.2. The molecule has 0 atom stereocenters. The summed E-state index contributed by atoms with van der Waals surface area (Å²) in [6, 6.07) is 8.33. The minimum Gasteiger partial charge on any atom is -0.330 e. The van der Waals surface area contributed by atoms with Crippen molar-refractivity contribution in [3.05, 3.63) is 59.2 Å². The average Bonchev–Trinajstić information content (AvgIpc) is 2.72. The summed E-state index contributed by atoms with van der Waals surface area (Å²) >= 11 is 0. The van der Waals surface area contributed by atoms with Crippen LogP contribution in [0.3, 0.4) is 0 Å². The van der Waals surface area contributed by atoms with Gasteiger partial charge in [0.15, 0.2) is 0 Å². The highest BCUT2D eigenvalue weighted by molar-refractivity contribution is 5.94. The molecule has 0 spiro atoms. The van der Waals surface area contributed by atoms with Crippen molar-refractivity contribution < 1.29 is 4.79 Å². The van der Waals surface area contributed by atoms with E-state index < -0.39 is 0 Å². The van der Waals surface area contributed by atoms with Crippen LogP contribution in [-0.4, -0.2) is 26.8 Å². The number of nitrogens with zero attached hydrogens (tertiary/aromatic N) is 3. The van der Waals surface area contributed by atoms with Crippen molar-refractivity contribution in [3.63, 3.8) is 0 Å². The van der Waals surface area contributed by atoms with E-state index in [0.29, 0.717) is 12.6 Å². The second kappa shape index (κ2) is 7.98. The molecule has 0 saturated heterocycles. The van der Waals surface area contributed by atoms with E-state index in [1.54, 1.807) is 12.4 Å². The van der Waals surface area contributed by atoms with Gasteiger partial charge in [-0.25, -0.2) is 0 Å². The molecule has 1 amide bonds. The number of fused-ring (bicyclic) bond motifs is 1. The molecular formula is C22H27N3O. The highest BCUT2D eigenvalue weighted by Crippen LogP contribution is 2.26. The maximum absolute atomic E-state index is 13.4. The lowest BCUT2D eigenvalue weighted by Crippen LogP contribution is -2.41. The molecule has 1 saturated carbocycles. The molecule has 2 aliphatic carbocycles. The molecule has 0 radical (unpaired) electrons. The Bertz CT molecular complexity index is 753. The minimum atomic E-state index is 0.114. The number of aromatic nitrogens is 2. The summed E-state index contributed by atoms with van der Waals surface area (Å²) in [7, 11) is 0. The maximum atomic E-state index is 13.4. The van der Waals surface area contributed by atoms with Gasteiger partial charge < -0.3 is 4.90 Å². The first-order valence-electron chi connectivity index (χ1n) is 10.00. The van der Waals surface area contributed by atoms with Crippen LogP contribution >= 0.6 is 0 Å². The predicted molar refractivity (Wildman–Crippen MR) is 102 cm³/mol. The number of hydrogen-bond acceptors (Lipinski definition) is 3. The fourth-order valence-electron chi connectivity index (χ4n) is 4.30. The van der Waals surface area contributed by atoms with Crippen molar-refractivity contribution >= 4 is 5.91 Å². The van der Waals surface area contributed by atoms with E-state index in [1.165, 1.54) is 43.4 Å². The molecule has 0 unspecified atom stereocenters. The second-order valence-electron chi connectivity index (χ2n) is 7.58. The van der Waals surface area contributed by atoms with E-state index >= 15 is 0 Å². The standard InChI is InChI=1S/C22H27N3O/c26-22(18-14-17-8-4-5-12-21(17)24-15-18)25(20-10-2-1-3-11-20)16-19-9-6-7-13-23-19/h6-7,9,13-15,20H,1-5,8,10-12,16H2. The van der Waals surface area contributed by atoms with Gasteiger partial charge in [-0.05, 0) is 62.3 Å². The molecule has 4 rings (SSSR count). The zero-order valence-corrected chi connectivity index (χ0v) is 15.4. The first-order chi connectivity index (χ1) is 12.8. The summed E-state index contributed by atoms with van der Waals surface area (Å²) in [4.78, 5) is 24.5. The molecule has 2 heterocycles. The quantitative estimate of drug-likeness (QED) is 0.825. The molecule has 4 nitrogen and oxygen atoms in total. The summed E-state index contributed by atoms with van der Waals surface area (Å²) in [5, 5.41) is 0.